The predicted molar refractivity (Wildman–Crippen MR) is 101 cm³/mol. The van der Waals surface area contributed by atoms with Gasteiger partial charge in [0.25, 0.3) is 0 Å². The van der Waals surface area contributed by atoms with Gasteiger partial charge >= 0.3 is 5.97 Å². The maximum atomic E-state index is 12.1. The molecular weight excluding hydrogens is 326 g/mol. The summed E-state index contributed by atoms with van der Waals surface area (Å²) in [7, 11) is 1.73. The Morgan fingerprint density at radius 2 is 1.46 bits per heavy atom. The monoisotopic (exact) mass is 347 g/mol. The molecule has 3 aromatic rings. The van der Waals surface area contributed by atoms with Gasteiger partial charge in [0.1, 0.15) is 12.4 Å². The summed E-state index contributed by atoms with van der Waals surface area (Å²) in [5.41, 5.74) is 2.57. The molecule has 26 heavy (non-hydrogen) atoms. The Kier molecular flexibility index (Phi) is 6.01. The van der Waals surface area contributed by atoms with Gasteiger partial charge in [0.15, 0.2) is 0 Å². The van der Waals surface area contributed by atoms with Gasteiger partial charge in [0.05, 0.1) is 12.1 Å². The van der Waals surface area contributed by atoms with Crippen molar-refractivity contribution in [3.63, 3.8) is 0 Å². The zero-order valence-corrected chi connectivity index (χ0v) is 14.7. The highest BCUT2D eigenvalue weighted by Gasteiger charge is 2.13. The average molecular weight is 347 g/mol. The number of carbonyl (C=O) groups is 1. The Hall–Kier alpha value is -3.11. The number of hydroxylamine groups is 2. The third-order valence-electron chi connectivity index (χ3n) is 3.85. The van der Waals surface area contributed by atoms with E-state index in [0.29, 0.717) is 18.7 Å². The van der Waals surface area contributed by atoms with Crippen LogP contribution in [-0.2, 0) is 18.0 Å². The van der Waals surface area contributed by atoms with E-state index in [0.717, 1.165) is 16.9 Å². The van der Waals surface area contributed by atoms with Gasteiger partial charge in [0, 0.05) is 12.6 Å². The first kappa shape index (κ1) is 17.7. The summed E-state index contributed by atoms with van der Waals surface area (Å²) >= 11 is 0. The maximum absolute atomic E-state index is 12.1. The van der Waals surface area contributed by atoms with Crippen LogP contribution < -0.4 is 4.74 Å². The first-order valence-electron chi connectivity index (χ1n) is 8.45. The van der Waals surface area contributed by atoms with Crippen molar-refractivity contribution in [2.24, 2.45) is 0 Å². The lowest BCUT2D eigenvalue weighted by Crippen LogP contribution is -2.23. The highest BCUT2D eigenvalue weighted by atomic mass is 16.7. The van der Waals surface area contributed by atoms with Crippen molar-refractivity contribution in [1.82, 2.24) is 5.06 Å². The van der Waals surface area contributed by atoms with Crippen LogP contribution in [0.1, 0.15) is 21.5 Å². The maximum Gasteiger partial charge on any atom is 0.357 e. The molecule has 0 spiro atoms. The molecule has 0 fully saturated rings. The number of carbonyl (C=O) groups excluding carboxylic acids is 1. The molecule has 0 saturated heterocycles. The lowest BCUT2D eigenvalue weighted by molar-refractivity contribution is -0.0969. The van der Waals surface area contributed by atoms with Crippen LogP contribution in [0.25, 0.3) is 0 Å². The van der Waals surface area contributed by atoms with Crippen molar-refractivity contribution >= 4 is 5.97 Å². The summed E-state index contributed by atoms with van der Waals surface area (Å²) in [6.07, 6.45) is 0. The smallest absolute Gasteiger partial charge is 0.357 e. The predicted octanol–water partition coefficient (Wildman–Crippen LogP) is 4.47. The Labute approximate surface area is 153 Å². The molecule has 3 aromatic carbocycles. The lowest BCUT2D eigenvalue weighted by Gasteiger charge is -2.18. The SMILES string of the molecule is CN(Cc1ccccc1OCc1ccccc1)OC(=O)c1ccccc1. The van der Waals surface area contributed by atoms with Gasteiger partial charge in [-0.2, -0.15) is 0 Å². The Bertz CT molecular complexity index is 834. The third-order valence-corrected chi connectivity index (χ3v) is 3.85. The second-order valence-electron chi connectivity index (χ2n) is 5.91. The Balaban J connectivity index is 1.61. The summed E-state index contributed by atoms with van der Waals surface area (Å²) in [4.78, 5) is 17.5. The molecular formula is C22H21NO3. The number of para-hydroxylation sites is 1. The standard InChI is InChI=1S/C22H21NO3/c1-23(26-22(24)19-12-6-3-7-13-19)16-20-14-8-9-15-21(20)25-17-18-10-4-2-5-11-18/h2-15H,16-17H2,1H3. The van der Waals surface area contributed by atoms with E-state index >= 15 is 0 Å². The van der Waals surface area contributed by atoms with Gasteiger partial charge in [-0.3, -0.25) is 0 Å². The number of hydrogen-bond donors (Lipinski definition) is 0. The van der Waals surface area contributed by atoms with E-state index in [9.17, 15) is 4.79 Å². The van der Waals surface area contributed by atoms with Crippen LogP contribution in [0, 0.1) is 0 Å². The minimum atomic E-state index is -0.379. The van der Waals surface area contributed by atoms with E-state index in [1.54, 1.807) is 19.2 Å². The molecule has 0 bridgehead atoms. The zero-order chi connectivity index (χ0) is 18.2. The molecule has 0 atom stereocenters. The minimum absolute atomic E-state index is 0.379. The van der Waals surface area contributed by atoms with Crippen LogP contribution in [0.4, 0.5) is 0 Å². The van der Waals surface area contributed by atoms with E-state index in [-0.39, 0.29) is 5.97 Å². The number of rotatable bonds is 7. The normalized spacial score (nSPS) is 10.5. The summed E-state index contributed by atoms with van der Waals surface area (Å²) in [5.74, 6) is 0.398. The van der Waals surface area contributed by atoms with E-state index in [1.807, 2.05) is 72.8 Å². The van der Waals surface area contributed by atoms with Crippen LogP contribution in [-0.4, -0.2) is 18.1 Å². The number of ether oxygens (including phenoxy) is 1. The number of benzene rings is 3. The van der Waals surface area contributed by atoms with Gasteiger partial charge in [-0.1, -0.05) is 66.7 Å². The summed E-state index contributed by atoms with van der Waals surface area (Å²) in [6.45, 7) is 0.926. The van der Waals surface area contributed by atoms with Gasteiger partial charge in [0.2, 0.25) is 0 Å². The Morgan fingerprint density at radius 3 is 2.19 bits per heavy atom. The number of nitrogens with zero attached hydrogens (tertiary/aromatic N) is 1. The summed E-state index contributed by atoms with van der Waals surface area (Å²) in [6, 6.07) is 26.7. The number of hydrogen-bond acceptors (Lipinski definition) is 4. The van der Waals surface area contributed by atoms with Crippen molar-refractivity contribution in [1.29, 1.82) is 0 Å². The molecule has 0 aliphatic rings. The molecule has 0 unspecified atom stereocenters. The van der Waals surface area contributed by atoms with Crippen molar-refractivity contribution in [2.75, 3.05) is 7.05 Å². The molecule has 0 aliphatic carbocycles. The average Bonchev–Trinajstić information content (AvgIpc) is 2.68. The second kappa shape index (κ2) is 8.83. The quantitative estimate of drug-likeness (QED) is 0.591. The third kappa shape index (κ3) is 4.94. The molecule has 0 N–H and O–H groups in total. The lowest BCUT2D eigenvalue weighted by atomic mass is 10.2. The molecule has 0 aliphatic heterocycles. The topological polar surface area (TPSA) is 38.8 Å². The summed E-state index contributed by atoms with van der Waals surface area (Å²) < 4.78 is 5.95. The first-order valence-corrected chi connectivity index (χ1v) is 8.45. The molecule has 0 aromatic heterocycles. The van der Waals surface area contributed by atoms with Gasteiger partial charge in [-0.25, -0.2) is 4.79 Å². The van der Waals surface area contributed by atoms with Crippen LogP contribution in [0.15, 0.2) is 84.9 Å². The highest BCUT2D eigenvalue weighted by Crippen LogP contribution is 2.21. The largest absolute Gasteiger partial charge is 0.489 e. The molecule has 0 heterocycles. The zero-order valence-electron chi connectivity index (χ0n) is 14.7. The van der Waals surface area contributed by atoms with Crippen molar-refractivity contribution < 1.29 is 14.4 Å². The van der Waals surface area contributed by atoms with Crippen LogP contribution in [0.3, 0.4) is 0 Å². The van der Waals surface area contributed by atoms with Crippen LogP contribution >= 0.6 is 0 Å². The van der Waals surface area contributed by atoms with Gasteiger partial charge < -0.3 is 9.57 Å². The molecule has 0 amide bonds. The van der Waals surface area contributed by atoms with Crippen molar-refractivity contribution in [2.45, 2.75) is 13.2 Å². The highest BCUT2D eigenvalue weighted by molar-refractivity contribution is 5.89. The minimum Gasteiger partial charge on any atom is -0.489 e. The summed E-state index contributed by atoms with van der Waals surface area (Å²) in [5, 5.41) is 1.51. The molecule has 3 rings (SSSR count). The second-order valence-corrected chi connectivity index (χ2v) is 5.91. The molecule has 0 saturated carbocycles. The molecule has 132 valence electrons. The van der Waals surface area contributed by atoms with Crippen LogP contribution in [0.5, 0.6) is 5.75 Å². The van der Waals surface area contributed by atoms with Crippen LogP contribution in [0.2, 0.25) is 0 Å². The van der Waals surface area contributed by atoms with Gasteiger partial charge in [-0.15, -0.1) is 5.06 Å². The fourth-order valence-corrected chi connectivity index (χ4v) is 2.55. The fraction of sp³-hybridized carbons (Fsp3) is 0.136. The van der Waals surface area contributed by atoms with Crippen molar-refractivity contribution in [3.8, 4) is 5.75 Å². The molecule has 4 nitrogen and oxygen atoms in total. The van der Waals surface area contributed by atoms with E-state index < -0.39 is 0 Å². The fourth-order valence-electron chi connectivity index (χ4n) is 2.55. The van der Waals surface area contributed by atoms with Gasteiger partial charge in [-0.05, 0) is 23.8 Å². The van der Waals surface area contributed by atoms with E-state index in [4.69, 9.17) is 9.57 Å². The molecule has 4 heteroatoms. The van der Waals surface area contributed by atoms with E-state index in [2.05, 4.69) is 0 Å². The molecule has 0 radical (unpaired) electrons. The Morgan fingerprint density at radius 1 is 0.846 bits per heavy atom. The first-order chi connectivity index (χ1) is 12.7. The van der Waals surface area contributed by atoms with E-state index in [1.165, 1.54) is 5.06 Å². The van der Waals surface area contributed by atoms with Crippen molar-refractivity contribution in [3.05, 3.63) is 102 Å².